The molecule has 1 aromatic carbocycles. The van der Waals surface area contributed by atoms with Crippen molar-refractivity contribution in [2.45, 2.75) is 38.9 Å². The van der Waals surface area contributed by atoms with Crippen LogP contribution in [0, 0.1) is 0 Å². The van der Waals surface area contributed by atoms with Gasteiger partial charge in [0.1, 0.15) is 5.75 Å². The lowest BCUT2D eigenvalue weighted by molar-refractivity contribution is 0.139. The van der Waals surface area contributed by atoms with Crippen molar-refractivity contribution in [2.24, 2.45) is 0 Å². The minimum Gasteiger partial charge on any atom is -0.496 e. The summed E-state index contributed by atoms with van der Waals surface area (Å²) in [6.45, 7) is 6.75. The van der Waals surface area contributed by atoms with E-state index in [2.05, 4.69) is 35.3 Å². The highest BCUT2D eigenvalue weighted by Gasteiger charge is 2.29. The number of ether oxygens (including phenoxy) is 2. The second-order valence-electron chi connectivity index (χ2n) is 5.62. The van der Waals surface area contributed by atoms with Crippen LogP contribution in [0.1, 0.15) is 30.9 Å². The van der Waals surface area contributed by atoms with Crippen molar-refractivity contribution in [1.82, 2.24) is 10.2 Å². The third kappa shape index (κ3) is 4.99. The van der Waals surface area contributed by atoms with Gasteiger partial charge in [0.25, 0.3) is 0 Å². The Morgan fingerprint density at radius 1 is 1.29 bits per heavy atom. The van der Waals surface area contributed by atoms with Crippen molar-refractivity contribution in [3.8, 4) is 5.75 Å². The smallest absolute Gasteiger partial charge is 0.123 e. The zero-order valence-corrected chi connectivity index (χ0v) is 13.5. The third-order valence-electron chi connectivity index (χ3n) is 3.94. The maximum absolute atomic E-state index is 5.53. The average Bonchev–Trinajstić information content (AvgIpc) is 3.34. The highest BCUT2D eigenvalue weighted by molar-refractivity contribution is 5.37. The second kappa shape index (κ2) is 8.37. The second-order valence-corrected chi connectivity index (χ2v) is 5.62. The van der Waals surface area contributed by atoms with Crippen LogP contribution in [-0.2, 0) is 17.8 Å². The fourth-order valence-corrected chi connectivity index (χ4v) is 2.59. The number of hydrogen-bond donors (Lipinski definition) is 1. The predicted molar refractivity (Wildman–Crippen MR) is 85.7 cm³/mol. The average molecular weight is 292 g/mol. The van der Waals surface area contributed by atoms with E-state index in [0.29, 0.717) is 0 Å². The Hall–Kier alpha value is -1.10. The molecule has 1 saturated carbocycles. The van der Waals surface area contributed by atoms with Crippen LogP contribution in [0.5, 0.6) is 5.75 Å². The molecule has 0 aliphatic heterocycles. The zero-order valence-electron chi connectivity index (χ0n) is 13.5. The molecule has 1 N–H and O–H groups in total. The topological polar surface area (TPSA) is 33.7 Å². The SMILES string of the molecule is CCNCc1ccc(OC)c(CN(CCOC)C2CC2)c1. The number of rotatable bonds is 10. The van der Waals surface area contributed by atoms with Gasteiger partial charge in [0.05, 0.1) is 13.7 Å². The molecule has 0 heterocycles. The Kier molecular flexibility index (Phi) is 6.49. The van der Waals surface area contributed by atoms with Crippen molar-refractivity contribution >= 4 is 0 Å². The number of methoxy groups -OCH3 is 2. The zero-order chi connectivity index (χ0) is 15.1. The van der Waals surface area contributed by atoms with Crippen LogP contribution in [0.4, 0.5) is 0 Å². The standard InChI is InChI=1S/C17H28N2O2/c1-4-18-12-14-5-8-17(21-3)15(11-14)13-19(9-10-20-2)16-6-7-16/h5,8,11,16,18H,4,6-7,9-10,12-13H2,1-3H3. The van der Waals surface area contributed by atoms with Gasteiger partial charge in [0.15, 0.2) is 0 Å². The minimum atomic E-state index is 0.724. The van der Waals surface area contributed by atoms with Gasteiger partial charge in [-0.2, -0.15) is 0 Å². The van der Waals surface area contributed by atoms with Crippen molar-refractivity contribution in [3.63, 3.8) is 0 Å². The summed E-state index contributed by atoms with van der Waals surface area (Å²) >= 11 is 0. The number of benzene rings is 1. The van der Waals surface area contributed by atoms with Gasteiger partial charge in [-0.3, -0.25) is 4.90 Å². The molecule has 4 nitrogen and oxygen atoms in total. The van der Waals surface area contributed by atoms with E-state index in [1.807, 2.05) is 0 Å². The predicted octanol–water partition coefficient (Wildman–Crippen LogP) is 2.42. The summed E-state index contributed by atoms with van der Waals surface area (Å²) in [7, 11) is 3.52. The molecule has 1 aromatic rings. The first-order chi connectivity index (χ1) is 10.3. The first kappa shape index (κ1) is 16.3. The quantitative estimate of drug-likeness (QED) is 0.718. The molecule has 4 heteroatoms. The molecule has 118 valence electrons. The van der Waals surface area contributed by atoms with Gasteiger partial charge in [-0.15, -0.1) is 0 Å². The van der Waals surface area contributed by atoms with Gasteiger partial charge in [0.2, 0.25) is 0 Å². The molecule has 0 amide bonds. The van der Waals surface area contributed by atoms with Crippen molar-refractivity contribution in [3.05, 3.63) is 29.3 Å². The van der Waals surface area contributed by atoms with Crippen LogP contribution in [0.3, 0.4) is 0 Å². The maximum Gasteiger partial charge on any atom is 0.123 e. The molecule has 0 spiro atoms. The lowest BCUT2D eigenvalue weighted by atomic mass is 10.1. The molecule has 1 fully saturated rings. The highest BCUT2D eigenvalue weighted by Crippen LogP contribution is 2.30. The van der Waals surface area contributed by atoms with E-state index < -0.39 is 0 Å². The van der Waals surface area contributed by atoms with Gasteiger partial charge < -0.3 is 14.8 Å². The van der Waals surface area contributed by atoms with Crippen LogP contribution < -0.4 is 10.1 Å². The van der Waals surface area contributed by atoms with Crippen LogP contribution in [-0.4, -0.2) is 44.9 Å². The molecule has 21 heavy (non-hydrogen) atoms. The fraction of sp³-hybridized carbons (Fsp3) is 0.647. The van der Waals surface area contributed by atoms with E-state index in [1.54, 1.807) is 14.2 Å². The maximum atomic E-state index is 5.53. The van der Waals surface area contributed by atoms with E-state index in [-0.39, 0.29) is 0 Å². The van der Waals surface area contributed by atoms with Crippen molar-refractivity contribution < 1.29 is 9.47 Å². The largest absolute Gasteiger partial charge is 0.496 e. The molecule has 0 bridgehead atoms. The normalized spacial score (nSPS) is 14.7. The summed E-state index contributed by atoms with van der Waals surface area (Å²) in [5.74, 6) is 0.985. The van der Waals surface area contributed by atoms with Crippen molar-refractivity contribution in [2.75, 3.05) is 33.9 Å². The van der Waals surface area contributed by atoms with Gasteiger partial charge in [0, 0.05) is 38.3 Å². The molecule has 0 saturated heterocycles. The molecule has 0 atom stereocenters. The van der Waals surface area contributed by atoms with Gasteiger partial charge in [-0.1, -0.05) is 13.0 Å². The Labute approximate surface area is 128 Å². The summed E-state index contributed by atoms with van der Waals surface area (Å²) in [6.07, 6.45) is 2.62. The Bertz CT molecular complexity index is 433. The number of hydrogen-bond acceptors (Lipinski definition) is 4. The van der Waals surface area contributed by atoms with E-state index >= 15 is 0 Å². The Morgan fingerprint density at radius 3 is 2.71 bits per heavy atom. The van der Waals surface area contributed by atoms with E-state index in [4.69, 9.17) is 9.47 Å². The van der Waals surface area contributed by atoms with Crippen molar-refractivity contribution in [1.29, 1.82) is 0 Å². The van der Waals surface area contributed by atoms with Crippen LogP contribution in [0.15, 0.2) is 18.2 Å². The van der Waals surface area contributed by atoms with Gasteiger partial charge in [-0.05, 0) is 37.1 Å². The van der Waals surface area contributed by atoms with Crippen LogP contribution in [0.2, 0.25) is 0 Å². The van der Waals surface area contributed by atoms with Crippen LogP contribution in [0.25, 0.3) is 0 Å². The summed E-state index contributed by atoms with van der Waals surface area (Å²) in [5, 5.41) is 3.38. The summed E-state index contributed by atoms with van der Waals surface area (Å²) in [6, 6.07) is 7.22. The first-order valence-electron chi connectivity index (χ1n) is 7.88. The van der Waals surface area contributed by atoms with Gasteiger partial charge in [-0.25, -0.2) is 0 Å². The molecule has 0 aromatic heterocycles. The molecule has 0 unspecified atom stereocenters. The lowest BCUT2D eigenvalue weighted by Crippen LogP contribution is -2.29. The fourth-order valence-electron chi connectivity index (χ4n) is 2.59. The third-order valence-corrected chi connectivity index (χ3v) is 3.94. The monoisotopic (exact) mass is 292 g/mol. The molecule has 1 aliphatic rings. The van der Waals surface area contributed by atoms with E-state index in [0.717, 1.165) is 44.6 Å². The van der Waals surface area contributed by atoms with E-state index in [1.165, 1.54) is 24.0 Å². The molecule has 1 aliphatic carbocycles. The summed E-state index contributed by atoms with van der Waals surface area (Å²) in [4.78, 5) is 2.51. The summed E-state index contributed by atoms with van der Waals surface area (Å²) < 4.78 is 10.8. The first-order valence-corrected chi connectivity index (χ1v) is 7.88. The molecule has 0 radical (unpaired) electrons. The summed E-state index contributed by atoms with van der Waals surface area (Å²) in [5.41, 5.74) is 2.59. The molecular weight excluding hydrogens is 264 g/mol. The Morgan fingerprint density at radius 2 is 2.10 bits per heavy atom. The van der Waals surface area contributed by atoms with Crippen LogP contribution >= 0.6 is 0 Å². The highest BCUT2D eigenvalue weighted by atomic mass is 16.5. The molecule has 2 rings (SSSR count). The number of nitrogens with zero attached hydrogens (tertiary/aromatic N) is 1. The lowest BCUT2D eigenvalue weighted by Gasteiger charge is -2.23. The Balaban J connectivity index is 2.07. The van der Waals surface area contributed by atoms with E-state index in [9.17, 15) is 0 Å². The molecular formula is C17H28N2O2. The number of nitrogens with one attached hydrogen (secondary N) is 1. The van der Waals surface area contributed by atoms with Gasteiger partial charge >= 0.3 is 0 Å². The minimum absolute atomic E-state index is 0.724.